The quantitative estimate of drug-likeness (QED) is 0.852. The minimum Gasteiger partial charge on any atom is -0.376 e. The first-order chi connectivity index (χ1) is 9.08. The van der Waals surface area contributed by atoms with Crippen molar-refractivity contribution in [3.05, 3.63) is 28.2 Å². The van der Waals surface area contributed by atoms with Gasteiger partial charge in [0.15, 0.2) is 0 Å². The molecule has 2 rings (SSSR count). The summed E-state index contributed by atoms with van der Waals surface area (Å²) in [5.41, 5.74) is 0.644. The van der Waals surface area contributed by atoms with Gasteiger partial charge in [0.25, 0.3) is 5.91 Å². The molecule has 0 radical (unpaired) electrons. The fourth-order valence-electron chi connectivity index (χ4n) is 2.22. The van der Waals surface area contributed by atoms with Gasteiger partial charge >= 0.3 is 0 Å². The summed E-state index contributed by atoms with van der Waals surface area (Å²) in [6.07, 6.45) is 3.51. The lowest BCUT2D eigenvalue weighted by atomic mass is 10.1. The van der Waals surface area contributed by atoms with Gasteiger partial charge in [-0.2, -0.15) is 0 Å². The molecule has 1 aromatic carbocycles. The molecule has 0 aromatic heterocycles. The lowest BCUT2D eigenvalue weighted by Gasteiger charge is -2.27. The van der Waals surface area contributed by atoms with Crippen LogP contribution in [0.1, 0.15) is 29.6 Å². The van der Waals surface area contributed by atoms with Crippen LogP contribution in [0.4, 0.5) is 0 Å². The Morgan fingerprint density at radius 1 is 1.53 bits per heavy atom. The number of thiol groups is 1. The number of likely N-dealkylation sites (N-methyl/N-ethyl adjacent to an activating group) is 1. The Hall–Kier alpha value is -0.520. The lowest BCUT2D eigenvalue weighted by Crippen LogP contribution is -2.37. The van der Waals surface area contributed by atoms with E-state index in [-0.39, 0.29) is 12.0 Å². The molecule has 1 aromatic rings. The van der Waals surface area contributed by atoms with Crippen LogP contribution in [0.3, 0.4) is 0 Å². The molecule has 0 bridgehead atoms. The maximum absolute atomic E-state index is 12.4. The summed E-state index contributed by atoms with van der Waals surface area (Å²) < 4.78 is 6.47. The number of halogens is 1. The zero-order valence-corrected chi connectivity index (χ0v) is 13.4. The summed E-state index contributed by atoms with van der Waals surface area (Å²) in [5, 5.41) is 0. The number of hydrogen-bond donors (Lipinski definition) is 1. The molecule has 19 heavy (non-hydrogen) atoms. The van der Waals surface area contributed by atoms with Gasteiger partial charge in [-0.15, -0.1) is 12.6 Å². The molecule has 1 amide bonds. The van der Waals surface area contributed by atoms with Gasteiger partial charge in [-0.25, -0.2) is 0 Å². The first-order valence-electron chi connectivity index (χ1n) is 6.43. The number of hydrogen-bond acceptors (Lipinski definition) is 3. The molecule has 1 fully saturated rings. The highest BCUT2D eigenvalue weighted by Gasteiger charge is 2.21. The number of nitrogens with zero attached hydrogens (tertiary/aromatic N) is 1. The van der Waals surface area contributed by atoms with E-state index in [9.17, 15) is 4.79 Å². The third-order valence-electron chi connectivity index (χ3n) is 3.28. The Morgan fingerprint density at radius 3 is 3.00 bits per heavy atom. The van der Waals surface area contributed by atoms with Crippen LogP contribution in [0.25, 0.3) is 0 Å². The standard InChI is InChI=1S/C14H18BrNO2S/c1-16(9-10-4-2-3-7-18-10)14(17)12-8-11(19)5-6-13(12)15/h5-6,8,10,19H,2-4,7,9H2,1H3. The molecule has 0 saturated carbocycles. The van der Waals surface area contributed by atoms with Crippen LogP contribution in [0, 0.1) is 0 Å². The number of carbonyl (C=O) groups excluding carboxylic acids is 1. The van der Waals surface area contributed by atoms with E-state index in [1.165, 1.54) is 6.42 Å². The van der Waals surface area contributed by atoms with Gasteiger partial charge in [-0.05, 0) is 53.4 Å². The van der Waals surface area contributed by atoms with Gasteiger partial charge in [0.2, 0.25) is 0 Å². The number of amides is 1. The van der Waals surface area contributed by atoms with Gasteiger partial charge in [-0.1, -0.05) is 0 Å². The van der Waals surface area contributed by atoms with Crippen LogP contribution in [0.2, 0.25) is 0 Å². The van der Waals surface area contributed by atoms with Gasteiger partial charge in [0, 0.05) is 29.6 Å². The molecule has 1 unspecified atom stereocenters. The van der Waals surface area contributed by atoms with Crippen molar-refractivity contribution >= 4 is 34.5 Å². The normalized spacial score (nSPS) is 19.2. The Morgan fingerprint density at radius 2 is 2.32 bits per heavy atom. The smallest absolute Gasteiger partial charge is 0.254 e. The Kier molecular flexibility index (Phi) is 5.30. The molecule has 1 aliphatic rings. The van der Waals surface area contributed by atoms with E-state index < -0.39 is 0 Å². The maximum atomic E-state index is 12.4. The Bertz CT molecular complexity index is 461. The number of carbonyl (C=O) groups is 1. The molecule has 1 atom stereocenters. The van der Waals surface area contributed by atoms with Crippen LogP contribution in [0.15, 0.2) is 27.6 Å². The van der Waals surface area contributed by atoms with E-state index in [0.717, 1.165) is 28.8 Å². The third kappa shape index (κ3) is 3.97. The van der Waals surface area contributed by atoms with E-state index in [2.05, 4.69) is 28.6 Å². The molecule has 5 heteroatoms. The predicted molar refractivity (Wildman–Crippen MR) is 81.9 cm³/mol. The summed E-state index contributed by atoms with van der Waals surface area (Å²) in [6.45, 7) is 1.45. The molecule has 3 nitrogen and oxygen atoms in total. The number of rotatable bonds is 3. The van der Waals surface area contributed by atoms with Crippen LogP contribution >= 0.6 is 28.6 Å². The van der Waals surface area contributed by atoms with E-state index in [1.54, 1.807) is 11.0 Å². The fourth-order valence-corrected chi connectivity index (χ4v) is 2.84. The molecular formula is C14H18BrNO2S. The SMILES string of the molecule is CN(CC1CCCCO1)C(=O)c1cc(S)ccc1Br. The van der Waals surface area contributed by atoms with Crippen LogP contribution in [-0.4, -0.2) is 37.1 Å². The summed E-state index contributed by atoms with van der Waals surface area (Å²) in [7, 11) is 1.82. The van der Waals surface area contributed by atoms with Crippen LogP contribution < -0.4 is 0 Å². The highest BCUT2D eigenvalue weighted by Crippen LogP contribution is 2.22. The highest BCUT2D eigenvalue weighted by atomic mass is 79.9. The molecule has 1 heterocycles. The summed E-state index contributed by atoms with van der Waals surface area (Å²) in [6, 6.07) is 5.49. The maximum Gasteiger partial charge on any atom is 0.254 e. The van der Waals surface area contributed by atoms with Crippen molar-refractivity contribution in [1.29, 1.82) is 0 Å². The van der Waals surface area contributed by atoms with Crippen molar-refractivity contribution in [2.24, 2.45) is 0 Å². The summed E-state index contributed by atoms with van der Waals surface area (Å²) >= 11 is 7.69. The van der Waals surface area contributed by atoms with Gasteiger partial charge in [0.1, 0.15) is 0 Å². The second-order valence-corrected chi connectivity index (χ2v) is 6.21. The zero-order chi connectivity index (χ0) is 13.8. The van der Waals surface area contributed by atoms with Gasteiger partial charge in [0.05, 0.1) is 11.7 Å². The van der Waals surface area contributed by atoms with Gasteiger partial charge < -0.3 is 9.64 Å². The van der Waals surface area contributed by atoms with Crippen LogP contribution in [0.5, 0.6) is 0 Å². The molecule has 0 aliphatic carbocycles. The Balaban J connectivity index is 2.03. The molecule has 0 N–H and O–H groups in total. The Labute approximate surface area is 127 Å². The van der Waals surface area contributed by atoms with Crippen molar-refractivity contribution in [3.8, 4) is 0 Å². The fraction of sp³-hybridized carbons (Fsp3) is 0.500. The minimum atomic E-state index is -0.00283. The molecule has 104 valence electrons. The number of benzene rings is 1. The topological polar surface area (TPSA) is 29.5 Å². The monoisotopic (exact) mass is 343 g/mol. The number of ether oxygens (including phenoxy) is 1. The summed E-state index contributed by atoms with van der Waals surface area (Å²) in [5.74, 6) is -0.00283. The highest BCUT2D eigenvalue weighted by molar-refractivity contribution is 9.10. The van der Waals surface area contributed by atoms with Crippen molar-refractivity contribution in [3.63, 3.8) is 0 Å². The average molecular weight is 344 g/mol. The van der Waals surface area contributed by atoms with E-state index in [0.29, 0.717) is 12.1 Å². The van der Waals surface area contributed by atoms with E-state index in [4.69, 9.17) is 4.74 Å². The first kappa shape index (κ1) is 14.9. The second kappa shape index (κ2) is 6.77. The molecule has 1 aliphatic heterocycles. The van der Waals surface area contributed by atoms with Crippen molar-refractivity contribution in [2.45, 2.75) is 30.3 Å². The molecular weight excluding hydrogens is 326 g/mol. The molecule has 0 spiro atoms. The average Bonchev–Trinajstić information content (AvgIpc) is 2.42. The minimum absolute atomic E-state index is 0.00283. The zero-order valence-electron chi connectivity index (χ0n) is 10.9. The van der Waals surface area contributed by atoms with Crippen molar-refractivity contribution < 1.29 is 9.53 Å². The van der Waals surface area contributed by atoms with E-state index in [1.807, 2.05) is 19.2 Å². The third-order valence-corrected chi connectivity index (χ3v) is 4.25. The first-order valence-corrected chi connectivity index (χ1v) is 7.67. The summed E-state index contributed by atoms with van der Waals surface area (Å²) in [4.78, 5) is 14.9. The lowest BCUT2D eigenvalue weighted by molar-refractivity contribution is -0.000208. The van der Waals surface area contributed by atoms with Crippen LogP contribution in [-0.2, 0) is 4.74 Å². The second-order valence-electron chi connectivity index (χ2n) is 4.84. The van der Waals surface area contributed by atoms with Gasteiger partial charge in [-0.3, -0.25) is 4.79 Å². The predicted octanol–water partition coefficient (Wildman–Crippen LogP) is 3.38. The largest absolute Gasteiger partial charge is 0.376 e. The van der Waals surface area contributed by atoms with Crippen molar-refractivity contribution in [2.75, 3.05) is 20.2 Å². The van der Waals surface area contributed by atoms with E-state index >= 15 is 0 Å². The molecule has 1 saturated heterocycles. The van der Waals surface area contributed by atoms with Crippen molar-refractivity contribution in [1.82, 2.24) is 4.90 Å².